The molecule has 0 bridgehead atoms. The minimum Gasteiger partial charge on any atom is -0.377 e. The van der Waals surface area contributed by atoms with Crippen molar-refractivity contribution in [1.82, 2.24) is 14.5 Å². The molecular formula is C25H19N5OS. The Morgan fingerprint density at radius 2 is 1.78 bits per heavy atom. The number of hydrogen-bond acceptors (Lipinski definition) is 6. The molecule has 0 N–H and O–H groups in total. The fraction of sp³-hybridized carbons (Fsp3) is 0.120. The molecule has 2 aromatic carbocycles. The van der Waals surface area contributed by atoms with Gasteiger partial charge >= 0.3 is 0 Å². The van der Waals surface area contributed by atoms with Crippen molar-refractivity contribution in [3.63, 3.8) is 0 Å². The summed E-state index contributed by atoms with van der Waals surface area (Å²) < 4.78 is 2.16. The van der Waals surface area contributed by atoms with E-state index >= 15 is 0 Å². The summed E-state index contributed by atoms with van der Waals surface area (Å²) in [6, 6.07) is 19.3. The van der Waals surface area contributed by atoms with Gasteiger partial charge in [0.2, 0.25) is 0 Å². The van der Waals surface area contributed by atoms with E-state index in [1.165, 1.54) is 11.3 Å². The normalized spacial score (nSPS) is 11.1. The van der Waals surface area contributed by atoms with Crippen LogP contribution in [-0.4, -0.2) is 28.6 Å². The molecule has 0 spiro atoms. The molecule has 5 aromatic rings. The van der Waals surface area contributed by atoms with E-state index in [2.05, 4.69) is 11.1 Å². The first-order valence-corrected chi connectivity index (χ1v) is 10.9. The number of hydrogen-bond donors (Lipinski definition) is 0. The molecular weight excluding hydrogens is 418 g/mol. The molecule has 3 heterocycles. The van der Waals surface area contributed by atoms with Crippen LogP contribution in [0.1, 0.15) is 11.1 Å². The Morgan fingerprint density at radius 3 is 2.44 bits per heavy atom. The van der Waals surface area contributed by atoms with Gasteiger partial charge in [-0.2, -0.15) is 5.26 Å². The molecule has 32 heavy (non-hydrogen) atoms. The molecule has 3 aromatic heterocycles. The minimum absolute atomic E-state index is 0.105. The Morgan fingerprint density at radius 1 is 1.06 bits per heavy atom. The second-order valence-corrected chi connectivity index (χ2v) is 8.82. The van der Waals surface area contributed by atoms with Gasteiger partial charge in [0.1, 0.15) is 21.4 Å². The summed E-state index contributed by atoms with van der Waals surface area (Å²) in [5.41, 5.74) is 5.73. The number of benzene rings is 2. The highest BCUT2D eigenvalue weighted by Gasteiger charge is 2.19. The Labute approximate surface area is 188 Å². The average Bonchev–Trinajstić information content (AvgIpc) is 3.19. The van der Waals surface area contributed by atoms with Crippen molar-refractivity contribution < 1.29 is 0 Å². The summed E-state index contributed by atoms with van der Waals surface area (Å²) in [7, 11) is 3.93. The van der Waals surface area contributed by atoms with Crippen LogP contribution in [0.25, 0.3) is 37.4 Å². The Bertz CT molecular complexity index is 1570. The second kappa shape index (κ2) is 7.59. The molecule has 0 aliphatic carbocycles. The van der Waals surface area contributed by atoms with E-state index in [0.717, 1.165) is 38.4 Å². The maximum absolute atomic E-state index is 13.4. The number of nitrogens with zero attached hydrogens (tertiary/aromatic N) is 5. The van der Waals surface area contributed by atoms with Crippen LogP contribution in [0.4, 0.5) is 5.69 Å². The van der Waals surface area contributed by atoms with Crippen LogP contribution in [-0.2, 0) is 0 Å². The summed E-state index contributed by atoms with van der Waals surface area (Å²) in [5, 5.41) is 9.95. The van der Waals surface area contributed by atoms with Gasteiger partial charge in [0, 0.05) is 19.7 Å². The summed E-state index contributed by atoms with van der Waals surface area (Å²) in [6.07, 6.45) is 1.59. The van der Waals surface area contributed by atoms with Crippen molar-refractivity contribution in [2.45, 2.75) is 6.92 Å². The molecule has 156 valence electrons. The number of pyridine rings is 1. The molecule has 0 fully saturated rings. The molecule has 7 heteroatoms. The van der Waals surface area contributed by atoms with Crippen molar-refractivity contribution in [2.75, 3.05) is 19.0 Å². The van der Waals surface area contributed by atoms with Crippen LogP contribution >= 0.6 is 11.3 Å². The smallest absolute Gasteiger partial charge is 0.275 e. The van der Waals surface area contributed by atoms with Crippen LogP contribution in [0, 0.1) is 18.3 Å². The van der Waals surface area contributed by atoms with E-state index in [1.807, 2.05) is 68.4 Å². The number of thiophene rings is 1. The van der Waals surface area contributed by atoms with Crippen LogP contribution in [0.3, 0.4) is 0 Å². The van der Waals surface area contributed by atoms with E-state index in [9.17, 15) is 4.79 Å². The van der Waals surface area contributed by atoms with E-state index in [-0.39, 0.29) is 5.56 Å². The van der Waals surface area contributed by atoms with Gasteiger partial charge in [0.05, 0.1) is 34.1 Å². The lowest BCUT2D eigenvalue weighted by Crippen LogP contribution is -2.17. The zero-order valence-electron chi connectivity index (χ0n) is 17.8. The summed E-state index contributed by atoms with van der Waals surface area (Å²) >= 11 is 1.36. The van der Waals surface area contributed by atoms with Crippen LogP contribution < -0.4 is 10.5 Å². The highest BCUT2D eigenvalue weighted by atomic mass is 32.1. The number of anilines is 1. The first-order chi connectivity index (χ1) is 15.5. The third-order valence-electron chi connectivity index (χ3n) is 5.44. The van der Waals surface area contributed by atoms with Gasteiger partial charge in [-0.05, 0) is 37.3 Å². The van der Waals surface area contributed by atoms with Crippen LogP contribution in [0.2, 0.25) is 0 Å². The van der Waals surface area contributed by atoms with Crippen molar-refractivity contribution in [2.24, 2.45) is 0 Å². The van der Waals surface area contributed by atoms with E-state index < -0.39 is 0 Å². The molecule has 0 saturated heterocycles. The maximum Gasteiger partial charge on any atom is 0.275 e. The fourth-order valence-corrected chi connectivity index (χ4v) is 4.79. The quantitative estimate of drug-likeness (QED) is 0.401. The van der Waals surface area contributed by atoms with Gasteiger partial charge < -0.3 is 4.90 Å². The van der Waals surface area contributed by atoms with Crippen molar-refractivity contribution in [3.05, 3.63) is 82.4 Å². The lowest BCUT2D eigenvalue weighted by molar-refractivity contribution is 0.966. The number of nitriles is 1. The highest BCUT2D eigenvalue weighted by Crippen LogP contribution is 2.38. The van der Waals surface area contributed by atoms with Gasteiger partial charge in [0.15, 0.2) is 0 Å². The van der Waals surface area contributed by atoms with Crippen molar-refractivity contribution >= 4 is 37.5 Å². The minimum atomic E-state index is -0.105. The molecule has 5 rings (SSSR count). The van der Waals surface area contributed by atoms with E-state index in [1.54, 1.807) is 23.0 Å². The second-order valence-electron chi connectivity index (χ2n) is 7.83. The molecule has 0 aliphatic rings. The van der Waals surface area contributed by atoms with Crippen molar-refractivity contribution in [3.8, 4) is 23.0 Å². The van der Waals surface area contributed by atoms with E-state index in [0.29, 0.717) is 15.8 Å². The lowest BCUT2D eigenvalue weighted by atomic mass is 10.1. The predicted molar refractivity (Wildman–Crippen MR) is 130 cm³/mol. The lowest BCUT2D eigenvalue weighted by Gasteiger charge is -2.15. The Hall–Kier alpha value is -4.02. The topological polar surface area (TPSA) is 74.8 Å². The number of rotatable bonds is 3. The third-order valence-corrected chi connectivity index (χ3v) is 6.50. The number of aryl methyl sites for hydroxylation is 1. The molecule has 0 radical (unpaired) electrons. The molecule has 0 aliphatic heterocycles. The Balaban J connectivity index is 1.76. The highest BCUT2D eigenvalue weighted by molar-refractivity contribution is 7.25. The molecule has 0 amide bonds. The molecule has 0 unspecified atom stereocenters. The maximum atomic E-state index is 13.4. The van der Waals surface area contributed by atoms with Gasteiger partial charge in [-0.1, -0.05) is 29.8 Å². The molecule has 6 nitrogen and oxygen atoms in total. The summed E-state index contributed by atoms with van der Waals surface area (Å²) in [4.78, 5) is 25.6. The third kappa shape index (κ3) is 3.22. The van der Waals surface area contributed by atoms with Crippen molar-refractivity contribution in [1.29, 1.82) is 5.26 Å². The van der Waals surface area contributed by atoms with Crippen LogP contribution in [0.5, 0.6) is 0 Å². The molecule has 0 atom stereocenters. The average molecular weight is 438 g/mol. The monoisotopic (exact) mass is 437 g/mol. The SMILES string of the molecule is Cc1ccc(-n2cnc3c(sc4nc(-c5ccc(C#N)cc5)cc(N(C)C)c43)c2=O)cc1. The zero-order valence-corrected chi connectivity index (χ0v) is 18.6. The first kappa shape index (κ1) is 19.9. The Kier molecular flexibility index (Phi) is 4.72. The van der Waals surface area contributed by atoms with Gasteiger partial charge in [-0.3, -0.25) is 9.36 Å². The summed E-state index contributed by atoms with van der Waals surface area (Å²) in [6.45, 7) is 2.01. The zero-order chi connectivity index (χ0) is 22.4. The summed E-state index contributed by atoms with van der Waals surface area (Å²) in [5.74, 6) is 0. The fourth-order valence-electron chi connectivity index (χ4n) is 3.71. The first-order valence-electron chi connectivity index (χ1n) is 10.1. The van der Waals surface area contributed by atoms with Crippen LogP contribution in [0.15, 0.2) is 65.7 Å². The van der Waals surface area contributed by atoms with E-state index in [4.69, 9.17) is 10.2 Å². The standard InChI is InChI=1S/C25H19N5OS/c1-15-4-10-18(11-5-15)30-14-27-22-21-20(29(2)3)12-19(17-8-6-16(13-26)7-9-17)28-24(21)32-23(22)25(30)31/h4-12,14H,1-3H3. The number of fused-ring (bicyclic) bond motifs is 3. The largest absolute Gasteiger partial charge is 0.377 e. The molecule has 0 saturated carbocycles. The van der Waals surface area contributed by atoms with Gasteiger partial charge in [-0.15, -0.1) is 11.3 Å². The number of aromatic nitrogens is 3. The van der Waals surface area contributed by atoms with Gasteiger partial charge in [0.25, 0.3) is 5.56 Å². The predicted octanol–water partition coefficient (Wildman–Crippen LogP) is 4.91. The van der Waals surface area contributed by atoms with Gasteiger partial charge in [-0.25, -0.2) is 9.97 Å².